The highest BCUT2D eigenvalue weighted by atomic mass is 16.5. The minimum Gasteiger partial charge on any atom is -0.385 e. The Labute approximate surface area is 105 Å². The lowest BCUT2D eigenvalue weighted by molar-refractivity contribution is -0.135. The quantitative estimate of drug-likeness (QED) is 0.716. The molecule has 0 bridgehead atoms. The first-order valence-corrected chi connectivity index (χ1v) is 6.74. The van der Waals surface area contributed by atoms with Gasteiger partial charge in [-0.25, -0.2) is 0 Å². The van der Waals surface area contributed by atoms with Crippen molar-refractivity contribution in [3.8, 4) is 0 Å². The number of rotatable bonds is 6. The number of hydrogen-bond acceptors (Lipinski definition) is 3. The van der Waals surface area contributed by atoms with Crippen LogP contribution in [0.5, 0.6) is 0 Å². The van der Waals surface area contributed by atoms with Crippen LogP contribution in [0, 0.1) is 0 Å². The second-order valence-electron chi connectivity index (χ2n) is 4.72. The first-order valence-electron chi connectivity index (χ1n) is 6.74. The minimum absolute atomic E-state index is 0.286. The number of carbonyl (C=O) groups is 1. The average molecular weight is 242 g/mol. The van der Waals surface area contributed by atoms with Gasteiger partial charge in [-0.3, -0.25) is 4.79 Å². The molecule has 0 aliphatic carbocycles. The SMILES string of the molecule is CCC1CN(C(=O)CCCOC)C(CC)CN1. The van der Waals surface area contributed by atoms with Crippen molar-refractivity contribution in [1.82, 2.24) is 10.2 Å². The predicted octanol–water partition coefficient (Wildman–Crippen LogP) is 1.40. The summed E-state index contributed by atoms with van der Waals surface area (Å²) in [6.45, 7) is 6.78. The lowest BCUT2D eigenvalue weighted by Crippen LogP contribution is -2.57. The van der Waals surface area contributed by atoms with Crippen molar-refractivity contribution in [2.75, 3.05) is 26.8 Å². The molecule has 1 aliphatic heterocycles. The van der Waals surface area contributed by atoms with Crippen molar-refractivity contribution in [3.63, 3.8) is 0 Å². The lowest BCUT2D eigenvalue weighted by atomic mass is 10.0. The molecular weight excluding hydrogens is 216 g/mol. The zero-order valence-corrected chi connectivity index (χ0v) is 11.4. The van der Waals surface area contributed by atoms with Crippen LogP contribution in [0.1, 0.15) is 39.5 Å². The molecule has 1 amide bonds. The minimum atomic E-state index is 0.286. The molecule has 0 spiro atoms. The molecule has 17 heavy (non-hydrogen) atoms. The summed E-state index contributed by atoms with van der Waals surface area (Å²) in [7, 11) is 1.68. The molecule has 1 N–H and O–H groups in total. The van der Waals surface area contributed by atoms with Crippen LogP contribution in [0.4, 0.5) is 0 Å². The Kier molecular flexibility index (Phi) is 6.52. The van der Waals surface area contributed by atoms with Crippen molar-refractivity contribution in [2.45, 2.75) is 51.6 Å². The fourth-order valence-electron chi connectivity index (χ4n) is 2.32. The summed E-state index contributed by atoms with van der Waals surface area (Å²) < 4.78 is 4.99. The lowest BCUT2D eigenvalue weighted by Gasteiger charge is -2.40. The van der Waals surface area contributed by atoms with Crippen molar-refractivity contribution in [3.05, 3.63) is 0 Å². The van der Waals surface area contributed by atoms with E-state index in [4.69, 9.17) is 4.74 Å². The third-order valence-electron chi connectivity index (χ3n) is 3.52. The van der Waals surface area contributed by atoms with Crippen molar-refractivity contribution >= 4 is 5.91 Å². The van der Waals surface area contributed by atoms with E-state index in [1.807, 2.05) is 0 Å². The number of methoxy groups -OCH3 is 1. The van der Waals surface area contributed by atoms with Gasteiger partial charge in [0.1, 0.15) is 0 Å². The molecule has 2 atom stereocenters. The third-order valence-corrected chi connectivity index (χ3v) is 3.52. The Morgan fingerprint density at radius 1 is 1.41 bits per heavy atom. The average Bonchev–Trinajstić information content (AvgIpc) is 2.38. The monoisotopic (exact) mass is 242 g/mol. The summed E-state index contributed by atoms with van der Waals surface area (Å²) in [6.07, 6.45) is 3.55. The highest BCUT2D eigenvalue weighted by Gasteiger charge is 2.28. The Morgan fingerprint density at radius 2 is 2.18 bits per heavy atom. The molecule has 0 saturated carbocycles. The molecule has 1 rings (SSSR count). The molecular formula is C13H26N2O2. The van der Waals surface area contributed by atoms with Gasteiger partial charge in [0.05, 0.1) is 0 Å². The molecule has 100 valence electrons. The molecule has 0 aromatic heterocycles. The van der Waals surface area contributed by atoms with Crippen LogP contribution < -0.4 is 5.32 Å². The maximum absolute atomic E-state index is 12.1. The highest BCUT2D eigenvalue weighted by molar-refractivity contribution is 5.76. The smallest absolute Gasteiger partial charge is 0.223 e. The van der Waals surface area contributed by atoms with Gasteiger partial charge in [-0.2, -0.15) is 0 Å². The van der Waals surface area contributed by atoms with Crippen molar-refractivity contribution in [2.24, 2.45) is 0 Å². The van der Waals surface area contributed by atoms with E-state index in [2.05, 4.69) is 24.1 Å². The van der Waals surface area contributed by atoms with Crippen LogP contribution in [0.25, 0.3) is 0 Å². The number of nitrogens with one attached hydrogen (secondary N) is 1. The normalized spacial score (nSPS) is 25.0. The summed E-state index contributed by atoms with van der Waals surface area (Å²) in [5.74, 6) is 0.286. The maximum atomic E-state index is 12.1. The van der Waals surface area contributed by atoms with E-state index < -0.39 is 0 Å². The highest BCUT2D eigenvalue weighted by Crippen LogP contribution is 2.14. The number of nitrogens with zero attached hydrogens (tertiary/aromatic N) is 1. The van der Waals surface area contributed by atoms with E-state index >= 15 is 0 Å². The van der Waals surface area contributed by atoms with Gasteiger partial charge < -0.3 is 15.0 Å². The number of carbonyl (C=O) groups excluding carboxylic acids is 1. The molecule has 2 unspecified atom stereocenters. The second kappa shape index (κ2) is 7.67. The van der Waals surface area contributed by atoms with Crippen LogP contribution >= 0.6 is 0 Å². The van der Waals surface area contributed by atoms with Gasteiger partial charge in [-0.05, 0) is 19.3 Å². The Morgan fingerprint density at radius 3 is 2.76 bits per heavy atom. The predicted molar refractivity (Wildman–Crippen MR) is 69.0 cm³/mol. The summed E-state index contributed by atoms with van der Waals surface area (Å²) in [5, 5.41) is 3.50. The molecule has 0 aromatic rings. The summed E-state index contributed by atoms with van der Waals surface area (Å²) >= 11 is 0. The van der Waals surface area contributed by atoms with Crippen LogP contribution in [0.2, 0.25) is 0 Å². The summed E-state index contributed by atoms with van der Waals surface area (Å²) in [4.78, 5) is 14.2. The van der Waals surface area contributed by atoms with Crippen LogP contribution in [-0.2, 0) is 9.53 Å². The molecule has 1 saturated heterocycles. The summed E-state index contributed by atoms with van der Waals surface area (Å²) in [5.41, 5.74) is 0. The summed E-state index contributed by atoms with van der Waals surface area (Å²) in [6, 6.07) is 0.831. The fraction of sp³-hybridized carbons (Fsp3) is 0.923. The molecule has 0 radical (unpaired) electrons. The van der Waals surface area contributed by atoms with E-state index in [1.165, 1.54) is 0 Å². The van der Waals surface area contributed by atoms with Gasteiger partial charge in [0.15, 0.2) is 0 Å². The van der Waals surface area contributed by atoms with Gasteiger partial charge in [0.2, 0.25) is 5.91 Å². The molecule has 0 aromatic carbocycles. The van der Waals surface area contributed by atoms with Gasteiger partial charge in [0.25, 0.3) is 0 Å². The molecule has 1 aliphatic rings. The zero-order chi connectivity index (χ0) is 12.7. The zero-order valence-electron chi connectivity index (χ0n) is 11.4. The van der Waals surface area contributed by atoms with Crippen molar-refractivity contribution in [1.29, 1.82) is 0 Å². The first kappa shape index (κ1) is 14.5. The first-order chi connectivity index (χ1) is 8.22. The van der Waals surface area contributed by atoms with E-state index in [0.717, 1.165) is 32.4 Å². The third kappa shape index (κ3) is 4.28. The van der Waals surface area contributed by atoms with Gasteiger partial charge >= 0.3 is 0 Å². The molecule has 4 nitrogen and oxygen atoms in total. The van der Waals surface area contributed by atoms with E-state index in [-0.39, 0.29) is 5.91 Å². The van der Waals surface area contributed by atoms with Crippen molar-refractivity contribution < 1.29 is 9.53 Å². The molecule has 4 heteroatoms. The number of ether oxygens (including phenoxy) is 1. The topological polar surface area (TPSA) is 41.6 Å². The van der Waals surface area contributed by atoms with Gasteiger partial charge in [0, 0.05) is 45.3 Å². The Hall–Kier alpha value is -0.610. The molecule has 1 fully saturated rings. The van der Waals surface area contributed by atoms with E-state index in [0.29, 0.717) is 25.1 Å². The number of piperazine rings is 1. The molecule has 1 heterocycles. The maximum Gasteiger partial charge on any atom is 0.223 e. The number of amides is 1. The standard InChI is InChI=1S/C13H26N2O2/c1-4-11-10-15(12(5-2)9-14-11)13(16)7-6-8-17-3/h11-12,14H,4-10H2,1-3H3. The Bertz CT molecular complexity index is 233. The largest absolute Gasteiger partial charge is 0.385 e. The Balaban J connectivity index is 2.47. The van der Waals surface area contributed by atoms with E-state index in [1.54, 1.807) is 7.11 Å². The second-order valence-corrected chi connectivity index (χ2v) is 4.72. The van der Waals surface area contributed by atoms with E-state index in [9.17, 15) is 4.79 Å². The van der Waals surface area contributed by atoms with Crippen LogP contribution in [0.3, 0.4) is 0 Å². The number of hydrogen-bond donors (Lipinski definition) is 1. The van der Waals surface area contributed by atoms with Crippen LogP contribution in [-0.4, -0.2) is 49.7 Å². The van der Waals surface area contributed by atoms with Gasteiger partial charge in [-0.1, -0.05) is 13.8 Å². The fourth-order valence-corrected chi connectivity index (χ4v) is 2.32. The van der Waals surface area contributed by atoms with Gasteiger partial charge in [-0.15, -0.1) is 0 Å². The van der Waals surface area contributed by atoms with Crippen LogP contribution in [0.15, 0.2) is 0 Å².